The van der Waals surface area contributed by atoms with Gasteiger partial charge >= 0.3 is 0 Å². The summed E-state index contributed by atoms with van der Waals surface area (Å²) in [5, 5.41) is 0.644. The van der Waals surface area contributed by atoms with Crippen LogP contribution in [0.4, 0.5) is 5.69 Å². The average molecular weight is 315 g/mol. The lowest BCUT2D eigenvalue weighted by Gasteiger charge is -2.36. The molecular formula is C15H20Cl2N2O. The molecule has 1 amide bonds. The van der Waals surface area contributed by atoms with Gasteiger partial charge in [0.05, 0.1) is 15.7 Å². The van der Waals surface area contributed by atoms with Crippen molar-refractivity contribution in [3.05, 3.63) is 27.7 Å². The Labute approximate surface area is 130 Å². The highest BCUT2D eigenvalue weighted by Crippen LogP contribution is 2.31. The average Bonchev–Trinajstić information content (AvgIpc) is 2.44. The summed E-state index contributed by atoms with van der Waals surface area (Å²) < 4.78 is 0. The Morgan fingerprint density at radius 1 is 1.40 bits per heavy atom. The third-order valence-corrected chi connectivity index (χ3v) is 4.63. The van der Waals surface area contributed by atoms with Crippen LogP contribution in [0.15, 0.2) is 12.1 Å². The SMILES string of the molecule is CCCC1CCCCN1C(=O)c1cc(N)c(Cl)c(Cl)c1. The van der Waals surface area contributed by atoms with Crippen molar-refractivity contribution in [2.75, 3.05) is 12.3 Å². The molecule has 1 aliphatic heterocycles. The number of nitrogens with zero attached hydrogens (tertiary/aromatic N) is 1. The molecule has 0 radical (unpaired) electrons. The molecule has 1 saturated heterocycles. The van der Waals surface area contributed by atoms with E-state index in [1.165, 1.54) is 6.42 Å². The molecule has 1 unspecified atom stereocenters. The number of halogens is 2. The molecule has 2 N–H and O–H groups in total. The second kappa shape index (κ2) is 6.68. The normalized spacial score (nSPS) is 19.1. The van der Waals surface area contributed by atoms with Crippen LogP contribution in [0.5, 0.6) is 0 Å². The molecule has 1 fully saturated rings. The fourth-order valence-corrected chi connectivity index (χ4v) is 3.14. The lowest BCUT2D eigenvalue weighted by molar-refractivity contribution is 0.0600. The maximum absolute atomic E-state index is 12.7. The molecule has 110 valence electrons. The Kier molecular flexibility index (Phi) is 5.17. The lowest BCUT2D eigenvalue weighted by atomic mass is 9.97. The van der Waals surface area contributed by atoms with Crippen LogP contribution in [0.1, 0.15) is 49.4 Å². The van der Waals surface area contributed by atoms with Crippen molar-refractivity contribution in [1.29, 1.82) is 0 Å². The molecule has 0 saturated carbocycles. The second-order valence-corrected chi connectivity index (χ2v) is 6.08. The summed E-state index contributed by atoms with van der Waals surface area (Å²) in [6.45, 7) is 2.96. The van der Waals surface area contributed by atoms with E-state index in [1.807, 2.05) is 4.90 Å². The highest BCUT2D eigenvalue weighted by Gasteiger charge is 2.27. The van der Waals surface area contributed by atoms with Crippen molar-refractivity contribution in [3.8, 4) is 0 Å². The Bertz CT molecular complexity index is 480. The van der Waals surface area contributed by atoms with Gasteiger partial charge in [0.1, 0.15) is 0 Å². The highest BCUT2D eigenvalue weighted by molar-refractivity contribution is 6.43. The summed E-state index contributed by atoms with van der Waals surface area (Å²) in [6.07, 6.45) is 5.46. The number of hydrogen-bond acceptors (Lipinski definition) is 2. The largest absolute Gasteiger partial charge is 0.397 e. The minimum absolute atomic E-state index is 0.00779. The number of hydrogen-bond donors (Lipinski definition) is 1. The summed E-state index contributed by atoms with van der Waals surface area (Å²) in [6, 6.07) is 3.56. The number of anilines is 1. The smallest absolute Gasteiger partial charge is 0.254 e. The van der Waals surface area contributed by atoms with Gasteiger partial charge in [0, 0.05) is 18.2 Å². The van der Waals surface area contributed by atoms with Crippen LogP contribution in [-0.4, -0.2) is 23.4 Å². The fraction of sp³-hybridized carbons (Fsp3) is 0.533. The highest BCUT2D eigenvalue weighted by atomic mass is 35.5. The lowest BCUT2D eigenvalue weighted by Crippen LogP contribution is -2.43. The summed E-state index contributed by atoms with van der Waals surface area (Å²) in [5.41, 5.74) is 6.68. The van der Waals surface area contributed by atoms with Crippen LogP contribution in [0.3, 0.4) is 0 Å². The van der Waals surface area contributed by atoms with E-state index in [0.29, 0.717) is 27.3 Å². The van der Waals surface area contributed by atoms with Crippen molar-refractivity contribution in [2.24, 2.45) is 0 Å². The molecule has 1 aliphatic rings. The number of likely N-dealkylation sites (tertiary alicyclic amines) is 1. The first-order valence-corrected chi connectivity index (χ1v) is 7.85. The zero-order valence-electron chi connectivity index (χ0n) is 11.7. The summed E-state index contributed by atoms with van der Waals surface area (Å²) in [7, 11) is 0. The van der Waals surface area contributed by atoms with E-state index in [-0.39, 0.29) is 5.91 Å². The van der Waals surface area contributed by atoms with Gasteiger partial charge in [-0.2, -0.15) is 0 Å². The Morgan fingerprint density at radius 2 is 2.15 bits per heavy atom. The monoisotopic (exact) mass is 314 g/mol. The predicted octanol–water partition coefficient (Wildman–Crippen LogP) is 4.37. The molecule has 1 aromatic rings. The van der Waals surface area contributed by atoms with Gasteiger partial charge in [0.25, 0.3) is 5.91 Å². The van der Waals surface area contributed by atoms with Gasteiger partial charge in [-0.1, -0.05) is 36.5 Å². The van der Waals surface area contributed by atoms with E-state index in [0.717, 1.165) is 32.2 Å². The minimum Gasteiger partial charge on any atom is -0.397 e. The standard InChI is InChI=1S/C15H20Cl2N2O/c1-2-5-11-6-3-4-7-19(11)15(20)10-8-12(16)14(17)13(18)9-10/h8-9,11H,2-7,18H2,1H3. The molecule has 1 atom stereocenters. The summed E-state index contributed by atoms with van der Waals surface area (Å²) >= 11 is 12.0. The van der Waals surface area contributed by atoms with E-state index >= 15 is 0 Å². The van der Waals surface area contributed by atoms with Crippen LogP contribution in [0.2, 0.25) is 10.0 Å². The number of rotatable bonds is 3. The summed E-state index contributed by atoms with van der Waals surface area (Å²) in [4.78, 5) is 14.6. The van der Waals surface area contributed by atoms with Gasteiger partial charge < -0.3 is 10.6 Å². The first kappa shape index (κ1) is 15.5. The van der Waals surface area contributed by atoms with Gasteiger partial charge in [0.15, 0.2) is 0 Å². The quantitative estimate of drug-likeness (QED) is 0.842. The Morgan fingerprint density at radius 3 is 2.80 bits per heavy atom. The molecule has 1 aromatic carbocycles. The molecular weight excluding hydrogens is 295 g/mol. The first-order chi connectivity index (χ1) is 9.54. The van der Waals surface area contributed by atoms with E-state index < -0.39 is 0 Å². The topological polar surface area (TPSA) is 46.3 Å². The van der Waals surface area contributed by atoms with Crippen LogP contribution >= 0.6 is 23.2 Å². The first-order valence-electron chi connectivity index (χ1n) is 7.10. The molecule has 0 bridgehead atoms. The van der Waals surface area contributed by atoms with Crippen molar-refractivity contribution < 1.29 is 4.79 Å². The second-order valence-electron chi connectivity index (χ2n) is 5.30. The third kappa shape index (κ3) is 3.21. The zero-order valence-corrected chi connectivity index (χ0v) is 13.2. The van der Waals surface area contributed by atoms with Crippen molar-refractivity contribution in [2.45, 2.75) is 45.1 Å². The molecule has 5 heteroatoms. The Balaban J connectivity index is 2.25. The summed E-state index contributed by atoms with van der Waals surface area (Å²) in [5.74, 6) is 0.00779. The molecule has 20 heavy (non-hydrogen) atoms. The number of nitrogen functional groups attached to an aromatic ring is 1. The minimum atomic E-state index is 0.00779. The Hall–Kier alpha value is -0.930. The van der Waals surface area contributed by atoms with Crippen molar-refractivity contribution in [1.82, 2.24) is 4.90 Å². The fourth-order valence-electron chi connectivity index (χ4n) is 2.80. The van der Waals surface area contributed by atoms with Crippen molar-refractivity contribution >= 4 is 34.8 Å². The van der Waals surface area contributed by atoms with Gasteiger partial charge in [-0.15, -0.1) is 0 Å². The van der Waals surface area contributed by atoms with Crippen LogP contribution < -0.4 is 5.73 Å². The van der Waals surface area contributed by atoms with Crippen LogP contribution in [-0.2, 0) is 0 Å². The van der Waals surface area contributed by atoms with Crippen molar-refractivity contribution in [3.63, 3.8) is 0 Å². The van der Waals surface area contributed by atoms with Crippen LogP contribution in [0, 0.1) is 0 Å². The molecule has 0 spiro atoms. The molecule has 1 heterocycles. The van der Waals surface area contributed by atoms with E-state index in [1.54, 1.807) is 12.1 Å². The maximum Gasteiger partial charge on any atom is 0.254 e. The number of piperidine rings is 1. The zero-order chi connectivity index (χ0) is 14.7. The maximum atomic E-state index is 12.7. The number of carbonyl (C=O) groups excluding carboxylic acids is 1. The molecule has 0 aromatic heterocycles. The van der Waals surface area contributed by atoms with E-state index in [9.17, 15) is 4.79 Å². The number of carbonyl (C=O) groups is 1. The van der Waals surface area contributed by atoms with E-state index in [2.05, 4.69) is 6.92 Å². The van der Waals surface area contributed by atoms with Gasteiger partial charge in [0.2, 0.25) is 0 Å². The molecule has 3 nitrogen and oxygen atoms in total. The predicted molar refractivity (Wildman–Crippen MR) is 84.5 cm³/mol. The van der Waals surface area contributed by atoms with E-state index in [4.69, 9.17) is 28.9 Å². The third-order valence-electron chi connectivity index (χ3n) is 3.81. The number of nitrogens with two attached hydrogens (primary N) is 1. The number of amides is 1. The van der Waals surface area contributed by atoms with Gasteiger partial charge in [-0.05, 0) is 37.8 Å². The van der Waals surface area contributed by atoms with Gasteiger partial charge in [-0.3, -0.25) is 4.79 Å². The van der Waals surface area contributed by atoms with Crippen LogP contribution in [0.25, 0.3) is 0 Å². The molecule has 2 rings (SSSR count). The molecule has 0 aliphatic carbocycles. The number of benzene rings is 1. The van der Waals surface area contributed by atoms with Gasteiger partial charge in [-0.25, -0.2) is 0 Å².